The number of methoxy groups -OCH3 is 1. The molecule has 4 aromatic carbocycles. The molecule has 1 aliphatic heterocycles. The lowest BCUT2D eigenvalue weighted by molar-refractivity contribution is -0.384. The Morgan fingerprint density at radius 3 is 2.40 bits per heavy atom. The molecule has 2 amide bonds. The van der Waals surface area contributed by atoms with E-state index in [0.717, 1.165) is 22.1 Å². The summed E-state index contributed by atoms with van der Waals surface area (Å²) in [5, 5.41) is 14.8. The van der Waals surface area contributed by atoms with Crippen molar-refractivity contribution in [1.82, 2.24) is 9.62 Å². The van der Waals surface area contributed by atoms with E-state index in [2.05, 4.69) is 5.32 Å². The van der Waals surface area contributed by atoms with Gasteiger partial charge in [-0.05, 0) is 53.6 Å². The number of nitrogens with one attached hydrogen (secondary N) is 2. The van der Waals surface area contributed by atoms with Crippen LogP contribution in [0.2, 0.25) is 0 Å². The van der Waals surface area contributed by atoms with Gasteiger partial charge in [0.1, 0.15) is 11.4 Å². The van der Waals surface area contributed by atoms with Gasteiger partial charge in [-0.2, -0.15) is 0 Å². The normalized spacial score (nSPS) is 13.1. The van der Waals surface area contributed by atoms with Crippen molar-refractivity contribution in [3.8, 4) is 16.9 Å². The number of carbonyl (C=O) groups excluding carboxylic acids is 2. The quantitative estimate of drug-likeness (QED) is 0.0848. The number of rotatable bonds is 13. The van der Waals surface area contributed by atoms with Crippen LogP contribution in [0.3, 0.4) is 0 Å². The standard InChI is InChI=1S/C34H34N4O8S2/c1-45-32-21-24(22-33(39)37-16-18-46-19-17-37)7-13-29(32)25-8-10-26(11-9-25)34(40)36-48(43,44)28-12-14-30(31(23-28)38(41)42)35-15-20-47-27-5-3-2-4-6-27/h2-14,21,23,35H,15-20,22H2,1H3,(H,36,40). The zero-order valence-corrected chi connectivity index (χ0v) is 27.7. The average molecular weight is 691 g/mol. The van der Waals surface area contributed by atoms with E-state index in [1.165, 1.54) is 31.4 Å². The molecule has 1 saturated heterocycles. The molecule has 1 heterocycles. The second-order valence-corrected chi connectivity index (χ2v) is 13.6. The Morgan fingerprint density at radius 2 is 1.71 bits per heavy atom. The van der Waals surface area contributed by atoms with Crippen LogP contribution in [0, 0.1) is 10.1 Å². The van der Waals surface area contributed by atoms with Gasteiger partial charge in [0.15, 0.2) is 0 Å². The summed E-state index contributed by atoms with van der Waals surface area (Å²) < 4.78 is 39.0. The SMILES string of the molecule is COc1cc(CC(=O)N2CCOCC2)ccc1-c1ccc(C(=O)NS(=O)(=O)c2ccc(NCCSc3ccccc3)c([N+](=O)[O-])c2)cc1. The predicted octanol–water partition coefficient (Wildman–Crippen LogP) is 4.99. The number of nitrogens with zero attached hydrogens (tertiary/aromatic N) is 2. The van der Waals surface area contributed by atoms with E-state index in [1.807, 2.05) is 47.2 Å². The van der Waals surface area contributed by atoms with Crippen LogP contribution in [-0.4, -0.2) is 75.8 Å². The molecule has 0 atom stereocenters. The molecule has 1 fully saturated rings. The van der Waals surface area contributed by atoms with Gasteiger partial charge >= 0.3 is 0 Å². The first-order valence-corrected chi connectivity index (χ1v) is 17.5. The van der Waals surface area contributed by atoms with Crippen LogP contribution in [-0.2, 0) is 26.0 Å². The van der Waals surface area contributed by atoms with E-state index in [0.29, 0.717) is 49.9 Å². The lowest BCUT2D eigenvalue weighted by Crippen LogP contribution is -2.41. The van der Waals surface area contributed by atoms with E-state index < -0.39 is 31.4 Å². The van der Waals surface area contributed by atoms with E-state index in [9.17, 15) is 28.1 Å². The highest BCUT2D eigenvalue weighted by atomic mass is 32.2. The van der Waals surface area contributed by atoms with Crippen molar-refractivity contribution >= 4 is 45.0 Å². The maximum Gasteiger partial charge on any atom is 0.293 e. The molecule has 5 rings (SSSR count). The molecule has 0 aliphatic carbocycles. The molecular formula is C34H34N4O8S2. The van der Waals surface area contributed by atoms with Crippen LogP contribution < -0.4 is 14.8 Å². The third kappa shape index (κ3) is 8.70. The zero-order chi connectivity index (χ0) is 34.1. The van der Waals surface area contributed by atoms with Gasteiger partial charge in [-0.15, -0.1) is 11.8 Å². The topological polar surface area (TPSA) is 157 Å². The number of amides is 2. The molecule has 250 valence electrons. The van der Waals surface area contributed by atoms with Gasteiger partial charge in [0.2, 0.25) is 5.91 Å². The number of carbonyl (C=O) groups is 2. The van der Waals surface area contributed by atoms with Crippen molar-refractivity contribution in [2.24, 2.45) is 0 Å². The molecule has 1 aliphatic rings. The summed E-state index contributed by atoms with van der Waals surface area (Å²) in [5.74, 6) is 0.281. The molecule has 0 aromatic heterocycles. The summed E-state index contributed by atoms with van der Waals surface area (Å²) in [4.78, 5) is 39.1. The Hall–Kier alpha value is -4.92. The van der Waals surface area contributed by atoms with Crippen molar-refractivity contribution in [3.05, 3.63) is 112 Å². The van der Waals surface area contributed by atoms with E-state index in [4.69, 9.17) is 9.47 Å². The molecule has 48 heavy (non-hydrogen) atoms. The minimum atomic E-state index is -4.43. The summed E-state index contributed by atoms with van der Waals surface area (Å²) in [7, 11) is -2.91. The van der Waals surface area contributed by atoms with Crippen molar-refractivity contribution in [3.63, 3.8) is 0 Å². The van der Waals surface area contributed by atoms with Crippen LogP contribution >= 0.6 is 11.8 Å². The number of benzene rings is 4. The van der Waals surface area contributed by atoms with Gasteiger partial charge in [0.25, 0.3) is 21.6 Å². The molecule has 0 unspecified atom stereocenters. The summed E-state index contributed by atoms with van der Waals surface area (Å²) in [6.07, 6.45) is 0.223. The molecule has 0 saturated carbocycles. The Labute approximate surface area is 282 Å². The number of thioether (sulfide) groups is 1. The molecule has 2 N–H and O–H groups in total. The fourth-order valence-corrected chi connectivity index (χ4v) is 6.86. The Kier molecular flexibility index (Phi) is 11.3. The number of morpholine rings is 1. The molecule has 0 radical (unpaired) electrons. The molecule has 4 aromatic rings. The Balaban J connectivity index is 1.22. The second-order valence-electron chi connectivity index (χ2n) is 10.7. The number of nitro groups is 1. The van der Waals surface area contributed by atoms with Crippen LogP contribution in [0.1, 0.15) is 15.9 Å². The summed E-state index contributed by atoms with van der Waals surface area (Å²) in [6.45, 7) is 2.58. The van der Waals surface area contributed by atoms with Crippen molar-refractivity contribution < 1.29 is 32.4 Å². The monoisotopic (exact) mass is 690 g/mol. The summed E-state index contributed by atoms with van der Waals surface area (Å²) in [6, 6.07) is 24.8. The fraction of sp³-hybridized carbons (Fsp3) is 0.235. The highest BCUT2D eigenvalue weighted by molar-refractivity contribution is 7.99. The first-order chi connectivity index (χ1) is 23.1. The molecule has 14 heteroatoms. The number of sulfonamides is 1. The molecule has 0 bridgehead atoms. The smallest absolute Gasteiger partial charge is 0.293 e. The Morgan fingerprint density at radius 1 is 0.979 bits per heavy atom. The molecule has 0 spiro atoms. The van der Waals surface area contributed by atoms with Gasteiger partial charge in [-0.1, -0.05) is 42.5 Å². The van der Waals surface area contributed by atoms with Crippen molar-refractivity contribution in [2.75, 3.05) is 51.0 Å². The van der Waals surface area contributed by atoms with Gasteiger partial charge < -0.3 is 19.7 Å². The van der Waals surface area contributed by atoms with Gasteiger partial charge in [0.05, 0.1) is 36.6 Å². The lowest BCUT2D eigenvalue weighted by atomic mass is 10.00. The van der Waals surface area contributed by atoms with Crippen LogP contribution in [0.4, 0.5) is 11.4 Å². The maximum absolute atomic E-state index is 13.1. The molecule has 12 nitrogen and oxygen atoms in total. The first kappa shape index (κ1) is 34.4. The zero-order valence-electron chi connectivity index (χ0n) is 26.1. The summed E-state index contributed by atoms with van der Waals surface area (Å²) in [5.41, 5.74) is 2.03. The van der Waals surface area contributed by atoms with Crippen LogP contribution in [0.15, 0.2) is 101 Å². The van der Waals surface area contributed by atoms with E-state index >= 15 is 0 Å². The maximum atomic E-state index is 13.1. The Bertz CT molecular complexity index is 1880. The van der Waals surface area contributed by atoms with Crippen molar-refractivity contribution in [2.45, 2.75) is 16.2 Å². The third-order valence-corrected chi connectivity index (χ3v) is 9.92. The first-order valence-electron chi connectivity index (χ1n) is 15.0. The highest BCUT2D eigenvalue weighted by Crippen LogP contribution is 2.32. The number of hydrogen-bond donors (Lipinski definition) is 2. The number of nitro benzene ring substituents is 1. The molecular weight excluding hydrogens is 657 g/mol. The lowest BCUT2D eigenvalue weighted by Gasteiger charge is -2.27. The van der Waals surface area contributed by atoms with Crippen LogP contribution in [0.25, 0.3) is 11.1 Å². The minimum Gasteiger partial charge on any atom is -0.496 e. The number of anilines is 1. The van der Waals surface area contributed by atoms with E-state index in [-0.39, 0.29) is 23.6 Å². The average Bonchev–Trinajstić information content (AvgIpc) is 3.10. The highest BCUT2D eigenvalue weighted by Gasteiger charge is 2.24. The van der Waals surface area contributed by atoms with Gasteiger partial charge in [-0.3, -0.25) is 19.7 Å². The fourth-order valence-electron chi connectivity index (χ4n) is 5.07. The largest absolute Gasteiger partial charge is 0.496 e. The minimum absolute atomic E-state index is 0.00866. The third-order valence-electron chi connectivity index (χ3n) is 7.58. The number of hydrogen-bond acceptors (Lipinski definition) is 10. The number of ether oxygens (including phenoxy) is 2. The van der Waals surface area contributed by atoms with Gasteiger partial charge in [0, 0.05) is 47.5 Å². The predicted molar refractivity (Wildman–Crippen MR) is 183 cm³/mol. The van der Waals surface area contributed by atoms with Crippen molar-refractivity contribution in [1.29, 1.82) is 0 Å². The van der Waals surface area contributed by atoms with Gasteiger partial charge in [-0.25, -0.2) is 13.1 Å². The van der Waals surface area contributed by atoms with Crippen LogP contribution in [0.5, 0.6) is 5.75 Å². The van der Waals surface area contributed by atoms with E-state index in [1.54, 1.807) is 34.9 Å². The summed E-state index contributed by atoms with van der Waals surface area (Å²) >= 11 is 1.58. The second kappa shape index (κ2) is 15.8.